The van der Waals surface area contributed by atoms with Gasteiger partial charge in [-0.3, -0.25) is 4.98 Å². The molecule has 42 heavy (non-hydrogen) atoms. The average Bonchev–Trinajstić information content (AvgIpc) is 3.07. The highest BCUT2D eigenvalue weighted by atomic mass is 14.8. The summed E-state index contributed by atoms with van der Waals surface area (Å²) in [6.07, 6.45) is 18.6. The second kappa shape index (κ2) is 10.5. The van der Waals surface area contributed by atoms with E-state index in [4.69, 9.17) is 0 Å². The van der Waals surface area contributed by atoms with Crippen molar-refractivity contribution in [3.05, 3.63) is 145 Å². The van der Waals surface area contributed by atoms with Crippen LogP contribution in [-0.4, -0.2) is 11.5 Å². The Balaban J connectivity index is 1.38. The third-order valence-corrected chi connectivity index (χ3v) is 9.02. The topological polar surface area (TPSA) is 24.9 Å². The summed E-state index contributed by atoms with van der Waals surface area (Å²) in [5.74, 6) is 0.450. The molecule has 1 unspecified atom stereocenters. The van der Waals surface area contributed by atoms with Crippen LogP contribution in [0.25, 0.3) is 60.1 Å². The number of hydrogen-bond donors (Lipinski definition) is 1. The number of allylic oxidation sites excluding steroid dienone is 4. The molecule has 0 amide bonds. The highest BCUT2D eigenvalue weighted by molar-refractivity contribution is 6.19. The SMILES string of the molecule is C1=CNCC(c2cncc(-c3ccc(-c4c5ccccc5c(C5C=CCCC5)c5ccccc45)c4ccccc34)c2)=C1. The van der Waals surface area contributed by atoms with E-state index in [1.165, 1.54) is 79.4 Å². The van der Waals surface area contributed by atoms with Gasteiger partial charge in [0.05, 0.1) is 0 Å². The molecule has 0 saturated carbocycles. The van der Waals surface area contributed by atoms with E-state index in [0.717, 1.165) is 17.7 Å². The molecule has 8 rings (SSSR count). The number of aromatic nitrogens is 1. The second-order valence-electron chi connectivity index (χ2n) is 11.4. The van der Waals surface area contributed by atoms with Gasteiger partial charge >= 0.3 is 0 Å². The van der Waals surface area contributed by atoms with Gasteiger partial charge in [-0.25, -0.2) is 0 Å². The molecule has 0 radical (unpaired) electrons. The van der Waals surface area contributed by atoms with Gasteiger partial charge in [0.25, 0.3) is 0 Å². The van der Waals surface area contributed by atoms with Crippen LogP contribution in [-0.2, 0) is 0 Å². The number of dihydropyridines is 1. The Hall–Kier alpha value is -4.95. The first-order valence-corrected chi connectivity index (χ1v) is 15.0. The summed E-state index contributed by atoms with van der Waals surface area (Å²) in [6, 6.07) is 33.9. The van der Waals surface area contributed by atoms with Crippen molar-refractivity contribution in [2.75, 3.05) is 6.54 Å². The predicted octanol–water partition coefficient (Wildman–Crippen LogP) is 10.2. The maximum Gasteiger partial charge on any atom is 0.0401 e. The molecule has 2 heterocycles. The first-order chi connectivity index (χ1) is 20.9. The van der Waals surface area contributed by atoms with Crippen molar-refractivity contribution >= 4 is 37.9 Å². The van der Waals surface area contributed by atoms with Crippen molar-refractivity contribution in [1.29, 1.82) is 0 Å². The maximum atomic E-state index is 4.66. The van der Waals surface area contributed by atoms with Crippen LogP contribution >= 0.6 is 0 Å². The Morgan fingerprint density at radius 3 is 1.98 bits per heavy atom. The summed E-state index contributed by atoms with van der Waals surface area (Å²) in [4.78, 5) is 4.66. The number of fused-ring (bicyclic) bond motifs is 3. The molecular formula is C40H32N2. The number of nitrogens with zero attached hydrogens (tertiary/aromatic N) is 1. The zero-order valence-electron chi connectivity index (χ0n) is 23.6. The first-order valence-electron chi connectivity index (χ1n) is 15.0. The number of benzene rings is 5. The maximum absolute atomic E-state index is 4.66. The fourth-order valence-electron chi connectivity index (χ4n) is 7.09. The van der Waals surface area contributed by atoms with Crippen LogP contribution < -0.4 is 5.32 Å². The molecule has 1 atom stereocenters. The third-order valence-electron chi connectivity index (χ3n) is 9.02. The molecule has 1 aliphatic carbocycles. The van der Waals surface area contributed by atoms with Gasteiger partial charge in [0.15, 0.2) is 0 Å². The average molecular weight is 541 g/mol. The van der Waals surface area contributed by atoms with Crippen molar-refractivity contribution in [2.24, 2.45) is 0 Å². The van der Waals surface area contributed by atoms with E-state index < -0.39 is 0 Å². The van der Waals surface area contributed by atoms with Crippen LogP contribution in [0.1, 0.15) is 36.3 Å². The summed E-state index contributed by atoms with van der Waals surface area (Å²) < 4.78 is 0. The Morgan fingerprint density at radius 1 is 0.667 bits per heavy atom. The van der Waals surface area contributed by atoms with E-state index in [-0.39, 0.29) is 0 Å². The number of pyridine rings is 1. The minimum atomic E-state index is 0.450. The Morgan fingerprint density at radius 2 is 1.31 bits per heavy atom. The van der Waals surface area contributed by atoms with Gasteiger partial charge in [0, 0.05) is 30.4 Å². The Bertz CT molecular complexity index is 2020. The van der Waals surface area contributed by atoms with Crippen LogP contribution in [0.4, 0.5) is 0 Å². The molecule has 202 valence electrons. The van der Waals surface area contributed by atoms with Crippen molar-refractivity contribution in [3.63, 3.8) is 0 Å². The third kappa shape index (κ3) is 4.14. The van der Waals surface area contributed by atoms with Gasteiger partial charge in [-0.1, -0.05) is 103 Å². The quantitative estimate of drug-likeness (QED) is 0.178. The fraction of sp³-hybridized carbons (Fsp3) is 0.125. The minimum Gasteiger partial charge on any atom is -0.387 e. The largest absolute Gasteiger partial charge is 0.387 e. The summed E-state index contributed by atoms with van der Waals surface area (Å²) in [6.45, 7) is 0.814. The molecular weight excluding hydrogens is 508 g/mol. The van der Waals surface area contributed by atoms with Crippen LogP contribution in [0.2, 0.25) is 0 Å². The van der Waals surface area contributed by atoms with Crippen LogP contribution in [0.3, 0.4) is 0 Å². The zero-order chi connectivity index (χ0) is 27.9. The molecule has 0 fully saturated rings. The van der Waals surface area contributed by atoms with Crippen molar-refractivity contribution < 1.29 is 0 Å². The molecule has 0 saturated heterocycles. The van der Waals surface area contributed by atoms with E-state index in [1.54, 1.807) is 0 Å². The minimum absolute atomic E-state index is 0.450. The van der Waals surface area contributed by atoms with E-state index in [0.29, 0.717) is 5.92 Å². The fourth-order valence-corrected chi connectivity index (χ4v) is 7.09. The standard InChI is InChI=1S/C40H32N2/c1-2-11-27(12-3-1)39-34-16-6-8-18-36(34)40(37-19-9-7-17-35(37)39)38-21-20-31(32-14-4-5-15-33(32)38)30-23-29(25-42-26-30)28-13-10-22-41-24-28/h2,4-11,13-23,25-27,41H,1,3,12,24H2. The van der Waals surface area contributed by atoms with Crippen molar-refractivity contribution in [2.45, 2.75) is 25.2 Å². The van der Waals surface area contributed by atoms with Crippen LogP contribution in [0.15, 0.2) is 134 Å². The smallest absolute Gasteiger partial charge is 0.0401 e. The van der Waals surface area contributed by atoms with Gasteiger partial charge in [-0.15, -0.1) is 0 Å². The summed E-state index contributed by atoms with van der Waals surface area (Å²) in [5, 5.41) is 11.2. The van der Waals surface area contributed by atoms with Crippen molar-refractivity contribution in [3.8, 4) is 22.3 Å². The molecule has 0 bridgehead atoms. The molecule has 2 nitrogen and oxygen atoms in total. The lowest BCUT2D eigenvalue weighted by molar-refractivity contribution is 0.660. The van der Waals surface area contributed by atoms with Crippen molar-refractivity contribution in [1.82, 2.24) is 10.3 Å². The summed E-state index contributed by atoms with van der Waals surface area (Å²) >= 11 is 0. The van der Waals surface area contributed by atoms with E-state index in [1.807, 2.05) is 18.6 Å². The highest BCUT2D eigenvalue weighted by Crippen LogP contribution is 2.46. The van der Waals surface area contributed by atoms with Gasteiger partial charge < -0.3 is 5.32 Å². The lowest BCUT2D eigenvalue weighted by atomic mass is 9.80. The predicted molar refractivity (Wildman–Crippen MR) is 178 cm³/mol. The molecule has 1 aliphatic heterocycles. The van der Waals surface area contributed by atoms with Crippen LogP contribution in [0, 0.1) is 0 Å². The van der Waals surface area contributed by atoms with E-state index in [9.17, 15) is 0 Å². The molecule has 0 spiro atoms. The number of rotatable bonds is 4. The van der Waals surface area contributed by atoms with Gasteiger partial charge in [-0.2, -0.15) is 0 Å². The first kappa shape index (κ1) is 24.8. The molecule has 1 aromatic heterocycles. The monoisotopic (exact) mass is 540 g/mol. The molecule has 5 aromatic carbocycles. The van der Waals surface area contributed by atoms with Gasteiger partial charge in [0.1, 0.15) is 0 Å². The Labute approximate surface area is 246 Å². The number of nitrogens with one attached hydrogen (secondary N) is 1. The van der Waals surface area contributed by atoms with E-state index >= 15 is 0 Å². The second-order valence-corrected chi connectivity index (χ2v) is 11.4. The molecule has 2 aliphatic rings. The Kier molecular flexibility index (Phi) is 6.18. The normalized spacial score (nSPS) is 16.6. The summed E-state index contributed by atoms with van der Waals surface area (Å²) in [7, 11) is 0. The zero-order valence-corrected chi connectivity index (χ0v) is 23.6. The molecule has 6 aromatic rings. The van der Waals surface area contributed by atoms with Gasteiger partial charge in [-0.05, 0) is 103 Å². The van der Waals surface area contributed by atoms with Gasteiger partial charge in [0.2, 0.25) is 0 Å². The molecule has 2 heteroatoms. The van der Waals surface area contributed by atoms with Crippen LogP contribution in [0.5, 0.6) is 0 Å². The lowest BCUT2D eigenvalue weighted by Gasteiger charge is -2.24. The number of hydrogen-bond acceptors (Lipinski definition) is 2. The van der Waals surface area contributed by atoms with E-state index in [2.05, 4.69) is 126 Å². The lowest BCUT2D eigenvalue weighted by Crippen LogP contribution is -2.11. The highest BCUT2D eigenvalue weighted by Gasteiger charge is 2.22. The molecule has 1 N–H and O–H groups in total. The summed E-state index contributed by atoms with van der Waals surface area (Å²) in [5.41, 5.74) is 8.83.